The standard InChI is InChI=1S/C14H16N4O3/c1-14(2)5-9-8(10(19)6-14)7-18-13(15-9)16-11(17-18)4-12(20)21-3/h7H,4-6H2,1-3H3. The maximum absolute atomic E-state index is 12.2. The molecule has 110 valence electrons. The predicted molar refractivity (Wildman–Crippen MR) is 72.9 cm³/mol. The number of methoxy groups -OCH3 is 1. The number of Topliss-reactive ketones (excluding diaryl/α,β-unsaturated/α-hetero) is 1. The van der Waals surface area contributed by atoms with Crippen molar-refractivity contribution in [3.8, 4) is 0 Å². The van der Waals surface area contributed by atoms with Crippen molar-refractivity contribution in [2.45, 2.75) is 33.1 Å². The molecule has 0 aromatic carbocycles. The van der Waals surface area contributed by atoms with Gasteiger partial charge in [-0.05, 0) is 11.8 Å². The molecule has 0 atom stereocenters. The van der Waals surface area contributed by atoms with Crippen molar-refractivity contribution in [1.82, 2.24) is 19.6 Å². The molecule has 0 saturated heterocycles. The second kappa shape index (κ2) is 4.61. The van der Waals surface area contributed by atoms with Crippen LogP contribution in [0.2, 0.25) is 0 Å². The van der Waals surface area contributed by atoms with Gasteiger partial charge in [0.2, 0.25) is 0 Å². The zero-order valence-electron chi connectivity index (χ0n) is 12.2. The van der Waals surface area contributed by atoms with E-state index in [1.54, 1.807) is 6.20 Å². The zero-order chi connectivity index (χ0) is 15.2. The van der Waals surface area contributed by atoms with Gasteiger partial charge in [0.05, 0.1) is 18.4 Å². The molecule has 7 nitrogen and oxygen atoms in total. The van der Waals surface area contributed by atoms with E-state index in [1.165, 1.54) is 11.6 Å². The van der Waals surface area contributed by atoms with Crippen molar-refractivity contribution in [2.75, 3.05) is 7.11 Å². The van der Waals surface area contributed by atoms with E-state index in [2.05, 4.69) is 19.8 Å². The van der Waals surface area contributed by atoms with Crippen molar-refractivity contribution >= 4 is 17.5 Å². The average Bonchev–Trinajstić information content (AvgIpc) is 2.76. The largest absolute Gasteiger partial charge is 0.469 e. The molecule has 0 N–H and O–H groups in total. The summed E-state index contributed by atoms with van der Waals surface area (Å²) in [6, 6.07) is 0. The summed E-state index contributed by atoms with van der Waals surface area (Å²) < 4.78 is 6.04. The minimum atomic E-state index is -0.409. The van der Waals surface area contributed by atoms with Gasteiger partial charge >= 0.3 is 5.97 Å². The van der Waals surface area contributed by atoms with Crippen molar-refractivity contribution in [3.63, 3.8) is 0 Å². The fourth-order valence-electron chi connectivity index (χ4n) is 2.59. The Morgan fingerprint density at radius 2 is 2.14 bits per heavy atom. The van der Waals surface area contributed by atoms with Crippen LogP contribution in [0.25, 0.3) is 5.78 Å². The molecular weight excluding hydrogens is 272 g/mol. The van der Waals surface area contributed by atoms with Gasteiger partial charge in [0.1, 0.15) is 6.42 Å². The van der Waals surface area contributed by atoms with Gasteiger partial charge in [-0.15, -0.1) is 5.10 Å². The number of aromatic nitrogens is 4. The Morgan fingerprint density at radius 3 is 2.86 bits per heavy atom. The molecule has 2 heterocycles. The number of ether oxygens (including phenoxy) is 1. The summed E-state index contributed by atoms with van der Waals surface area (Å²) in [5.74, 6) is 0.398. The van der Waals surface area contributed by atoms with E-state index in [-0.39, 0.29) is 17.6 Å². The number of rotatable bonds is 2. The Labute approximate surface area is 121 Å². The van der Waals surface area contributed by atoms with Crippen LogP contribution < -0.4 is 0 Å². The summed E-state index contributed by atoms with van der Waals surface area (Å²) in [6.45, 7) is 4.10. The first-order valence-corrected chi connectivity index (χ1v) is 6.73. The van der Waals surface area contributed by atoms with Crippen LogP contribution in [0, 0.1) is 5.41 Å². The molecular formula is C14H16N4O3. The highest BCUT2D eigenvalue weighted by Crippen LogP contribution is 2.33. The van der Waals surface area contributed by atoms with E-state index < -0.39 is 5.97 Å². The van der Waals surface area contributed by atoms with E-state index >= 15 is 0 Å². The first-order valence-electron chi connectivity index (χ1n) is 6.73. The second-order valence-electron chi connectivity index (χ2n) is 6.07. The fraction of sp³-hybridized carbons (Fsp3) is 0.500. The summed E-state index contributed by atoms with van der Waals surface area (Å²) in [5.41, 5.74) is 1.25. The zero-order valence-corrected chi connectivity index (χ0v) is 12.2. The summed E-state index contributed by atoms with van der Waals surface area (Å²) in [5, 5.41) is 4.17. The number of nitrogens with zero attached hydrogens (tertiary/aromatic N) is 4. The van der Waals surface area contributed by atoms with Crippen LogP contribution in [-0.4, -0.2) is 38.4 Å². The van der Waals surface area contributed by atoms with Gasteiger partial charge < -0.3 is 4.74 Å². The normalized spacial score (nSPS) is 16.8. The van der Waals surface area contributed by atoms with Gasteiger partial charge in [-0.25, -0.2) is 9.50 Å². The highest BCUT2D eigenvalue weighted by atomic mass is 16.5. The molecule has 3 rings (SSSR count). The number of esters is 1. The van der Waals surface area contributed by atoms with E-state index in [0.29, 0.717) is 23.6 Å². The number of ketones is 1. The summed E-state index contributed by atoms with van der Waals surface area (Å²) in [4.78, 5) is 32.1. The smallest absolute Gasteiger partial charge is 0.313 e. The molecule has 2 aromatic heterocycles. The Kier molecular flexibility index (Phi) is 3.00. The van der Waals surface area contributed by atoms with E-state index in [4.69, 9.17) is 0 Å². The number of fused-ring (bicyclic) bond motifs is 2. The molecule has 0 aliphatic heterocycles. The van der Waals surface area contributed by atoms with Crippen LogP contribution in [0.3, 0.4) is 0 Å². The van der Waals surface area contributed by atoms with Gasteiger partial charge in [-0.1, -0.05) is 13.8 Å². The van der Waals surface area contributed by atoms with Crippen LogP contribution in [-0.2, 0) is 22.4 Å². The number of hydrogen-bond acceptors (Lipinski definition) is 6. The maximum atomic E-state index is 12.2. The topological polar surface area (TPSA) is 86.4 Å². The monoisotopic (exact) mass is 288 g/mol. The summed E-state index contributed by atoms with van der Waals surface area (Å²) in [7, 11) is 1.32. The quantitative estimate of drug-likeness (QED) is 0.766. The summed E-state index contributed by atoms with van der Waals surface area (Å²) in [6.07, 6.45) is 2.87. The molecule has 1 aliphatic carbocycles. The Hall–Kier alpha value is -2.31. The predicted octanol–water partition coefficient (Wildman–Crippen LogP) is 0.995. The number of carbonyl (C=O) groups excluding carboxylic acids is 2. The fourth-order valence-corrected chi connectivity index (χ4v) is 2.59. The molecule has 2 aromatic rings. The third-order valence-electron chi connectivity index (χ3n) is 3.57. The Bertz CT molecular complexity index is 748. The lowest BCUT2D eigenvalue weighted by Gasteiger charge is -2.28. The van der Waals surface area contributed by atoms with E-state index in [0.717, 1.165) is 12.1 Å². The van der Waals surface area contributed by atoms with E-state index in [1.807, 2.05) is 13.8 Å². The lowest BCUT2D eigenvalue weighted by Crippen LogP contribution is -2.28. The molecule has 0 radical (unpaired) electrons. The highest BCUT2D eigenvalue weighted by Gasteiger charge is 2.32. The highest BCUT2D eigenvalue weighted by molar-refractivity contribution is 5.98. The molecule has 21 heavy (non-hydrogen) atoms. The van der Waals surface area contributed by atoms with Crippen LogP contribution in [0.15, 0.2) is 6.20 Å². The third kappa shape index (κ3) is 2.51. The van der Waals surface area contributed by atoms with Crippen molar-refractivity contribution < 1.29 is 14.3 Å². The van der Waals surface area contributed by atoms with Crippen LogP contribution in [0.1, 0.15) is 42.1 Å². The SMILES string of the molecule is COC(=O)Cc1nc2nc3c(cn2n1)C(=O)CC(C)(C)C3. The molecule has 0 bridgehead atoms. The lowest BCUT2D eigenvalue weighted by atomic mass is 9.76. The van der Waals surface area contributed by atoms with Crippen LogP contribution in [0.5, 0.6) is 0 Å². The van der Waals surface area contributed by atoms with Crippen LogP contribution >= 0.6 is 0 Å². The molecule has 7 heteroatoms. The number of carbonyl (C=O) groups is 2. The molecule has 0 unspecified atom stereocenters. The maximum Gasteiger partial charge on any atom is 0.313 e. The Morgan fingerprint density at radius 1 is 1.38 bits per heavy atom. The van der Waals surface area contributed by atoms with Crippen molar-refractivity contribution in [3.05, 3.63) is 23.3 Å². The third-order valence-corrected chi connectivity index (χ3v) is 3.57. The second-order valence-corrected chi connectivity index (χ2v) is 6.07. The van der Waals surface area contributed by atoms with E-state index in [9.17, 15) is 9.59 Å². The average molecular weight is 288 g/mol. The van der Waals surface area contributed by atoms with Crippen molar-refractivity contribution in [1.29, 1.82) is 0 Å². The van der Waals surface area contributed by atoms with Crippen molar-refractivity contribution in [2.24, 2.45) is 5.41 Å². The molecule has 1 aliphatic rings. The first-order chi connectivity index (χ1) is 9.88. The van der Waals surface area contributed by atoms with Gasteiger partial charge in [-0.3, -0.25) is 9.59 Å². The lowest BCUT2D eigenvalue weighted by molar-refractivity contribution is -0.139. The van der Waals surface area contributed by atoms with Crippen LogP contribution in [0.4, 0.5) is 0 Å². The summed E-state index contributed by atoms with van der Waals surface area (Å²) >= 11 is 0. The number of hydrogen-bond donors (Lipinski definition) is 0. The van der Waals surface area contributed by atoms with Gasteiger partial charge in [0.15, 0.2) is 11.6 Å². The van der Waals surface area contributed by atoms with Gasteiger partial charge in [-0.2, -0.15) is 4.98 Å². The minimum absolute atomic E-state index is 0.00995. The van der Waals surface area contributed by atoms with Gasteiger partial charge in [0, 0.05) is 12.6 Å². The molecule has 0 amide bonds. The molecule has 0 fully saturated rings. The molecule has 0 spiro atoms. The Balaban J connectivity index is 2.04. The minimum Gasteiger partial charge on any atom is -0.469 e. The first kappa shape index (κ1) is 13.7. The van der Waals surface area contributed by atoms with Gasteiger partial charge in [0.25, 0.3) is 5.78 Å². The molecule has 0 saturated carbocycles.